The van der Waals surface area contributed by atoms with Crippen molar-refractivity contribution in [3.8, 4) is 0 Å². The maximum atomic E-state index is 11.2. The van der Waals surface area contributed by atoms with Gasteiger partial charge in [-0.3, -0.25) is 4.79 Å². The fourth-order valence-corrected chi connectivity index (χ4v) is 4.50. The zero-order valence-corrected chi connectivity index (χ0v) is 12.6. The number of nitrogens with one attached hydrogen (secondary N) is 1. The Balaban J connectivity index is 1.49. The number of primary amides is 1. The first-order valence-corrected chi connectivity index (χ1v) is 8.32. The highest BCUT2D eigenvalue weighted by Gasteiger charge is 2.59. The molecule has 3 aliphatic rings. The zero-order chi connectivity index (χ0) is 14.2. The molecule has 3 aliphatic carbocycles. The normalized spacial score (nSPS) is 39.0. The summed E-state index contributed by atoms with van der Waals surface area (Å²) in [4.78, 5) is 11.2. The summed E-state index contributed by atoms with van der Waals surface area (Å²) >= 11 is 0. The van der Waals surface area contributed by atoms with Gasteiger partial charge in [-0.2, -0.15) is 0 Å². The van der Waals surface area contributed by atoms with Gasteiger partial charge in [0, 0.05) is 30.0 Å². The number of nitrogens with two attached hydrogens (primary N) is 1. The van der Waals surface area contributed by atoms with Gasteiger partial charge in [-0.05, 0) is 51.9 Å². The molecule has 0 heterocycles. The molecule has 1 spiro atoms. The molecule has 1 amide bonds. The highest BCUT2D eigenvalue weighted by Crippen LogP contribution is 2.57. The lowest BCUT2D eigenvalue weighted by atomic mass is 9.50. The lowest BCUT2D eigenvalue weighted by Crippen LogP contribution is -2.68. The lowest BCUT2D eigenvalue weighted by Gasteiger charge is -2.62. The molecule has 20 heavy (non-hydrogen) atoms. The summed E-state index contributed by atoms with van der Waals surface area (Å²) in [6.07, 6.45) is 9.78. The van der Waals surface area contributed by atoms with Gasteiger partial charge in [-0.15, -0.1) is 0 Å². The van der Waals surface area contributed by atoms with Gasteiger partial charge < -0.3 is 15.8 Å². The van der Waals surface area contributed by atoms with Crippen molar-refractivity contribution in [3.63, 3.8) is 0 Å². The van der Waals surface area contributed by atoms with Crippen LogP contribution in [0.4, 0.5) is 0 Å². The van der Waals surface area contributed by atoms with Crippen molar-refractivity contribution < 1.29 is 9.53 Å². The fraction of sp³-hybridized carbons (Fsp3) is 0.938. The van der Waals surface area contributed by atoms with E-state index in [2.05, 4.69) is 12.2 Å². The third-order valence-corrected chi connectivity index (χ3v) is 6.00. The molecule has 4 heteroatoms. The first kappa shape index (κ1) is 14.3. The van der Waals surface area contributed by atoms with Crippen LogP contribution in [0.25, 0.3) is 0 Å². The second-order valence-corrected chi connectivity index (χ2v) is 6.94. The van der Waals surface area contributed by atoms with Crippen LogP contribution in [0.1, 0.15) is 58.3 Å². The second kappa shape index (κ2) is 5.64. The fourth-order valence-electron chi connectivity index (χ4n) is 4.50. The quantitative estimate of drug-likeness (QED) is 0.809. The molecule has 0 radical (unpaired) electrons. The van der Waals surface area contributed by atoms with E-state index in [1.807, 2.05) is 0 Å². The van der Waals surface area contributed by atoms with Crippen LogP contribution in [0.2, 0.25) is 0 Å². The van der Waals surface area contributed by atoms with E-state index in [1.54, 1.807) is 0 Å². The van der Waals surface area contributed by atoms with Crippen molar-refractivity contribution in [2.75, 3.05) is 6.61 Å². The number of carbonyl (C=O) groups excluding carboxylic acids is 1. The van der Waals surface area contributed by atoms with Gasteiger partial charge in [0.15, 0.2) is 0 Å². The van der Waals surface area contributed by atoms with Crippen LogP contribution in [0.5, 0.6) is 0 Å². The average Bonchev–Trinajstić information content (AvgIpc) is 2.36. The predicted octanol–water partition coefficient (Wildman–Crippen LogP) is 1.97. The van der Waals surface area contributed by atoms with Gasteiger partial charge >= 0.3 is 0 Å². The van der Waals surface area contributed by atoms with Crippen LogP contribution in [0.3, 0.4) is 0 Å². The largest absolute Gasteiger partial charge is 0.378 e. The van der Waals surface area contributed by atoms with E-state index >= 15 is 0 Å². The van der Waals surface area contributed by atoms with Gasteiger partial charge in [0.1, 0.15) is 0 Å². The Morgan fingerprint density at radius 1 is 1.30 bits per heavy atom. The van der Waals surface area contributed by atoms with Crippen LogP contribution in [-0.2, 0) is 9.53 Å². The van der Waals surface area contributed by atoms with Crippen LogP contribution >= 0.6 is 0 Å². The summed E-state index contributed by atoms with van der Waals surface area (Å²) in [5.41, 5.74) is 5.84. The molecule has 0 bridgehead atoms. The monoisotopic (exact) mass is 280 g/mol. The second-order valence-electron chi connectivity index (χ2n) is 6.94. The Labute approximate surface area is 121 Å². The molecule has 3 rings (SSSR count). The van der Waals surface area contributed by atoms with Gasteiger partial charge in [-0.1, -0.05) is 6.42 Å². The maximum absolute atomic E-state index is 11.2. The highest BCUT2D eigenvalue weighted by atomic mass is 16.5. The Morgan fingerprint density at radius 2 is 2.00 bits per heavy atom. The van der Waals surface area contributed by atoms with Crippen molar-refractivity contribution in [3.05, 3.63) is 0 Å². The minimum absolute atomic E-state index is 0.112. The van der Waals surface area contributed by atoms with Crippen LogP contribution < -0.4 is 11.1 Å². The first-order chi connectivity index (χ1) is 9.65. The molecule has 0 aromatic rings. The third-order valence-electron chi connectivity index (χ3n) is 6.00. The molecule has 4 nitrogen and oxygen atoms in total. The minimum atomic E-state index is -0.112. The van der Waals surface area contributed by atoms with Crippen LogP contribution in [-0.4, -0.2) is 30.7 Å². The molecular formula is C16H28N2O2. The lowest BCUT2D eigenvalue weighted by molar-refractivity contribution is -0.175. The number of hydrogen-bond donors (Lipinski definition) is 2. The molecule has 114 valence electrons. The molecule has 3 saturated carbocycles. The zero-order valence-electron chi connectivity index (χ0n) is 12.6. The van der Waals surface area contributed by atoms with Crippen molar-refractivity contribution in [2.24, 2.45) is 17.1 Å². The summed E-state index contributed by atoms with van der Waals surface area (Å²) in [5.74, 6) is 0.00208. The molecule has 0 aromatic heterocycles. The van der Waals surface area contributed by atoms with E-state index in [-0.39, 0.29) is 11.8 Å². The number of rotatable bonds is 5. The third kappa shape index (κ3) is 2.37. The first-order valence-electron chi connectivity index (χ1n) is 8.32. The summed E-state index contributed by atoms with van der Waals surface area (Å²) in [6.45, 7) is 2.93. The van der Waals surface area contributed by atoms with E-state index < -0.39 is 0 Å². The summed E-state index contributed by atoms with van der Waals surface area (Å²) in [5, 5.41) is 3.86. The molecule has 3 fully saturated rings. The van der Waals surface area contributed by atoms with E-state index in [1.165, 1.54) is 25.7 Å². The smallest absolute Gasteiger partial charge is 0.220 e. The Bertz CT molecular complexity index is 359. The van der Waals surface area contributed by atoms with Gasteiger partial charge in [0.2, 0.25) is 5.91 Å². The average molecular weight is 280 g/mol. The predicted molar refractivity (Wildman–Crippen MR) is 78.2 cm³/mol. The Kier molecular flexibility index (Phi) is 4.04. The summed E-state index contributed by atoms with van der Waals surface area (Å²) < 4.78 is 5.90. The van der Waals surface area contributed by atoms with Crippen molar-refractivity contribution >= 4 is 5.91 Å². The number of hydrogen-bond acceptors (Lipinski definition) is 3. The molecule has 0 aliphatic heterocycles. The molecule has 0 saturated heterocycles. The number of ether oxygens (including phenoxy) is 1. The van der Waals surface area contributed by atoms with E-state index in [0.29, 0.717) is 23.6 Å². The SMILES string of the molecule is CCOC1CC(NC2CCC(C(N)=O)CC2)C12CCC2. The Hall–Kier alpha value is -0.610. The molecule has 2 atom stereocenters. The van der Waals surface area contributed by atoms with Crippen molar-refractivity contribution in [2.45, 2.75) is 76.5 Å². The summed E-state index contributed by atoms with van der Waals surface area (Å²) in [6, 6.07) is 1.22. The van der Waals surface area contributed by atoms with E-state index in [0.717, 1.165) is 32.3 Å². The van der Waals surface area contributed by atoms with Crippen molar-refractivity contribution in [1.82, 2.24) is 5.32 Å². The van der Waals surface area contributed by atoms with E-state index in [9.17, 15) is 4.79 Å². The Morgan fingerprint density at radius 3 is 2.50 bits per heavy atom. The van der Waals surface area contributed by atoms with Crippen LogP contribution in [0.15, 0.2) is 0 Å². The number of amides is 1. The maximum Gasteiger partial charge on any atom is 0.220 e. The molecular weight excluding hydrogens is 252 g/mol. The molecule has 0 aromatic carbocycles. The topological polar surface area (TPSA) is 64.3 Å². The van der Waals surface area contributed by atoms with Crippen LogP contribution in [0, 0.1) is 11.3 Å². The van der Waals surface area contributed by atoms with E-state index in [4.69, 9.17) is 10.5 Å². The number of carbonyl (C=O) groups is 1. The highest BCUT2D eigenvalue weighted by molar-refractivity contribution is 5.76. The van der Waals surface area contributed by atoms with Gasteiger partial charge in [0.05, 0.1) is 6.10 Å². The van der Waals surface area contributed by atoms with Gasteiger partial charge in [0.25, 0.3) is 0 Å². The van der Waals surface area contributed by atoms with Crippen molar-refractivity contribution in [1.29, 1.82) is 0 Å². The van der Waals surface area contributed by atoms with Gasteiger partial charge in [-0.25, -0.2) is 0 Å². The summed E-state index contributed by atoms with van der Waals surface area (Å²) in [7, 11) is 0. The standard InChI is InChI=1S/C16H28N2O2/c1-2-20-14-10-13(16(14)8-3-9-16)18-12-6-4-11(5-7-12)15(17)19/h11-14,18H,2-10H2,1H3,(H2,17,19). The minimum Gasteiger partial charge on any atom is -0.378 e. The molecule has 2 unspecified atom stereocenters. The molecule has 3 N–H and O–H groups in total.